The highest BCUT2D eigenvalue weighted by Crippen LogP contribution is 2.23. The molecule has 0 unspecified atom stereocenters. The molecule has 22 heavy (non-hydrogen) atoms. The quantitative estimate of drug-likeness (QED) is 0.852. The van der Waals surface area contributed by atoms with Crippen molar-refractivity contribution in [1.29, 1.82) is 0 Å². The van der Waals surface area contributed by atoms with Crippen LogP contribution in [0.25, 0.3) is 10.9 Å². The van der Waals surface area contributed by atoms with Crippen LogP contribution in [0.2, 0.25) is 0 Å². The third kappa shape index (κ3) is 3.17. The van der Waals surface area contributed by atoms with Crippen molar-refractivity contribution in [2.75, 3.05) is 24.8 Å². The molecule has 1 aliphatic heterocycles. The largest absolute Gasteiger partial charge is 0.381 e. The fourth-order valence-corrected chi connectivity index (χ4v) is 2.97. The number of nitrogens with one attached hydrogen (secondary N) is 1. The number of rotatable bonds is 3. The molecule has 118 valence electrons. The summed E-state index contributed by atoms with van der Waals surface area (Å²) in [5.41, 5.74) is 1.37. The molecule has 0 atom stereocenters. The van der Waals surface area contributed by atoms with Gasteiger partial charge in [-0.25, -0.2) is 23.4 Å². The van der Waals surface area contributed by atoms with Crippen LogP contribution in [0.15, 0.2) is 17.4 Å². The van der Waals surface area contributed by atoms with Crippen molar-refractivity contribution in [1.82, 2.24) is 15.0 Å². The van der Waals surface area contributed by atoms with Gasteiger partial charge < -0.3 is 10.1 Å². The van der Waals surface area contributed by atoms with Crippen molar-refractivity contribution >= 4 is 26.6 Å². The van der Waals surface area contributed by atoms with E-state index >= 15 is 0 Å². The number of nitrogens with zero attached hydrogens (tertiary/aromatic N) is 3. The second-order valence-electron chi connectivity index (χ2n) is 5.51. The van der Waals surface area contributed by atoms with Crippen LogP contribution in [0.1, 0.15) is 18.5 Å². The molecule has 0 amide bonds. The summed E-state index contributed by atoms with van der Waals surface area (Å²) < 4.78 is 28.7. The first-order valence-corrected chi connectivity index (χ1v) is 9.01. The summed E-state index contributed by atoms with van der Waals surface area (Å²) in [7, 11) is -3.45. The summed E-state index contributed by atoms with van der Waals surface area (Å²) in [5, 5.41) is 3.96. The number of fused-ring (bicyclic) bond motifs is 1. The average Bonchev–Trinajstić information content (AvgIpc) is 2.46. The normalized spacial score (nSPS) is 16.8. The summed E-state index contributed by atoms with van der Waals surface area (Å²) in [5.74, 6) is 0.606. The van der Waals surface area contributed by atoms with E-state index in [1.54, 1.807) is 0 Å². The van der Waals surface area contributed by atoms with E-state index in [0.717, 1.165) is 30.2 Å². The molecule has 7 nitrogen and oxygen atoms in total. The molecule has 0 aliphatic carbocycles. The first-order valence-electron chi connectivity index (χ1n) is 7.12. The van der Waals surface area contributed by atoms with E-state index in [0.29, 0.717) is 24.5 Å². The number of pyridine rings is 1. The number of ether oxygens (including phenoxy) is 1. The Labute approximate surface area is 129 Å². The van der Waals surface area contributed by atoms with E-state index in [-0.39, 0.29) is 11.2 Å². The maximum Gasteiger partial charge on any atom is 0.247 e. The topological polar surface area (TPSA) is 94.1 Å². The van der Waals surface area contributed by atoms with Crippen LogP contribution in [0, 0.1) is 6.92 Å². The van der Waals surface area contributed by atoms with Crippen LogP contribution in [-0.2, 0) is 14.6 Å². The van der Waals surface area contributed by atoms with Crippen molar-refractivity contribution < 1.29 is 13.2 Å². The van der Waals surface area contributed by atoms with Crippen molar-refractivity contribution in [3.05, 3.63) is 18.0 Å². The Balaban J connectivity index is 2.06. The van der Waals surface area contributed by atoms with Gasteiger partial charge in [-0.3, -0.25) is 0 Å². The van der Waals surface area contributed by atoms with Crippen LogP contribution < -0.4 is 5.32 Å². The second kappa shape index (κ2) is 5.77. The number of hydrogen-bond donors (Lipinski definition) is 1. The zero-order valence-corrected chi connectivity index (χ0v) is 13.4. The molecule has 8 heteroatoms. The zero-order chi connectivity index (χ0) is 15.7. The molecule has 0 bridgehead atoms. The van der Waals surface area contributed by atoms with Gasteiger partial charge >= 0.3 is 0 Å². The van der Waals surface area contributed by atoms with Gasteiger partial charge in [-0.15, -0.1) is 0 Å². The lowest BCUT2D eigenvalue weighted by Crippen LogP contribution is -2.28. The molecule has 2 aromatic rings. The molecule has 0 saturated carbocycles. The van der Waals surface area contributed by atoms with E-state index in [1.807, 2.05) is 13.0 Å². The van der Waals surface area contributed by atoms with E-state index in [9.17, 15) is 8.42 Å². The number of aryl methyl sites for hydroxylation is 1. The van der Waals surface area contributed by atoms with Gasteiger partial charge in [0, 0.05) is 42.8 Å². The van der Waals surface area contributed by atoms with Gasteiger partial charge in [0.2, 0.25) is 15.0 Å². The molecule has 1 fully saturated rings. The molecular formula is C14H18N4O3S. The molecule has 1 N–H and O–H groups in total. The van der Waals surface area contributed by atoms with Gasteiger partial charge in [0.25, 0.3) is 0 Å². The molecular weight excluding hydrogens is 304 g/mol. The van der Waals surface area contributed by atoms with Crippen LogP contribution in [0.3, 0.4) is 0 Å². The highest BCUT2D eigenvalue weighted by Gasteiger charge is 2.18. The minimum Gasteiger partial charge on any atom is -0.381 e. The highest BCUT2D eigenvalue weighted by atomic mass is 32.2. The Morgan fingerprint density at radius 2 is 2.00 bits per heavy atom. The fourth-order valence-electron chi connectivity index (χ4n) is 2.47. The van der Waals surface area contributed by atoms with Crippen molar-refractivity contribution in [2.24, 2.45) is 0 Å². The number of hydrogen-bond acceptors (Lipinski definition) is 7. The molecule has 3 rings (SSSR count). The SMILES string of the molecule is Cc1cc2cnc(S(C)(=O)=O)nc2c(NC2CCOCC2)n1. The van der Waals surface area contributed by atoms with Crippen molar-refractivity contribution in [3.8, 4) is 0 Å². The Hall–Kier alpha value is -1.80. The maximum absolute atomic E-state index is 11.7. The Morgan fingerprint density at radius 1 is 1.27 bits per heavy atom. The molecule has 0 spiro atoms. The lowest BCUT2D eigenvalue weighted by atomic mass is 10.1. The smallest absolute Gasteiger partial charge is 0.247 e. The summed E-state index contributed by atoms with van der Waals surface area (Å²) in [4.78, 5) is 12.6. The molecule has 1 saturated heterocycles. The minimum absolute atomic E-state index is 0.180. The van der Waals surface area contributed by atoms with E-state index in [4.69, 9.17) is 4.74 Å². The third-order valence-electron chi connectivity index (χ3n) is 3.57. The van der Waals surface area contributed by atoms with Gasteiger partial charge in [0.15, 0.2) is 5.82 Å². The molecule has 0 aromatic carbocycles. The van der Waals surface area contributed by atoms with Gasteiger partial charge in [-0.05, 0) is 25.8 Å². The predicted octanol–water partition coefficient (Wildman–Crippen LogP) is 1.33. The summed E-state index contributed by atoms with van der Waals surface area (Å²) in [6.45, 7) is 3.31. The summed E-state index contributed by atoms with van der Waals surface area (Å²) in [6, 6.07) is 2.10. The van der Waals surface area contributed by atoms with Crippen LogP contribution in [0.4, 0.5) is 5.82 Å². The van der Waals surface area contributed by atoms with Gasteiger partial charge in [0.1, 0.15) is 5.52 Å². The van der Waals surface area contributed by atoms with E-state index < -0.39 is 9.84 Å². The number of aromatic nitrogens is 3. The van der Waals surface area contributed by atoms with E-state index in [2.05, 4.69) is 20.3 Å². The number of anilines is 1. The van der Waals surface area contributed by atoms with Gasteiger partial charge in [-0.1, -0.05) is 0 Å². The van der Waals surface area contributed by atoms with Crippen LogP contribution >= 0.6 is 0 Å². The maximum atomic E-state index is 11.7. The van der Waals surface area contributed by atoms with E-state index in [1.165, 1.54) is 6.20 Å². The number of sulfone groups is 1. The Morgan fingerprint density at radius 3 is 2.68 bits per heavy atom. The standard InChI is InChI=1S/C14H18N4O3S/c1-9-7-10-8-15-14(22(2,19)20)18-12(10)13(16-9)17-11-3-5-21-6-4-11/h7-8,11H,3-6H2,1-2H3,(H,16,17). The third-order valence-corrected chi connectivity index (χ3v) is 4.43. The molecule has 0 radical (unpaired) electrons. The second-order valence-corrected chi connectivity index (χ2v) is 7.42. The highest BCUT2D eigenvalue weighted by molar-refractivity contribution is 7.90. The Bertz CT molecular complexity index is 801. The first kappa shape index (κ1) is 15.1. The van der Waals surface area contributed by atoms with Crippen LogP contribution in [0.5, 0.6) is 0 Å². The molecule has 3 heterocycles. The summed E-state index contributed by atoms with van der Waals surface area (Å²) >= 11 is 0. The average molecular weight is 322 g/mol. The summed E-state index contributed by atoms with van der Waals surface area (Å²) in [6.07, 6.45) is 4.41. The fraction of sp³-hybridized carbons (Fsp3) is 0.500. The predicted molar refractivity (Wildman–Crippen MR) is 82.6 cm³/mol. The van der Waals surface area contributed by atoms with Crippen molar-refractivity contribution in [3.63, 3.8) is 0 Å². The van der Waals surface area contributed by atoms with Gasteiger partial charge in [-0.2, -0.15) is 0 Å². The van der Waals surface area contributed by atoms with Gasteiger partial charge in [0.05, 0.1) is 0 Å². The van der Waals surface area contributed by atoms with Crippen LogP contribution in [-0.4, -0.2) is 48.9 Å². The minimum atomic E-state index is -3.45. The molecule has 1 aliphatic rings. The lowest BCUT2D eigenvalue weighted by molar-refractivity contribution is 0.0904. The molecule has 2 aromatic heterocycles. The zero-order valence-electron chi connectivity index (χ0n) is 12.5. The first-order chi connectivity index (χ1) is 10.4. The van der Waals surface area contributed by atoms with Crippen molar-refractivity contribution in [2.45, 2.75) is 31.0 Å². The Kier molecular flexibility index (Phi) is 3.96. The monoisotopic (exact) mass is 322 g/mol. The lowest BCUT2D eigenvalue weighted by Gasteiger charge is -2.24.